The molecule has 0 saturated heterocycles. The van der Waals surface area contributed by atoms with Crippen LogP contribution in [0.2, 0.25) is 0 Å². The fourth-order valence-electron chi connectivity index (χ4n) is 2.16. The molecule has 0 bridgehead atoms. The maximum Gasteiger partial charge on any atom is 0.163 e. The van der Waals surface area contributed by atoms with Crippen molar-refractivity contribution in [1.29, 1.82) is 0 Å². The molecule has 0 heterocycles. The van der Waals surface area contributed by atoms with Gasteiger partial charge in [0.1, 0.15) is 5.75 Å². The fourth-order valence-corrected chi connectivity index (χ4v) is 2.16. The summed E-state index contributed by atoms with van der Waals surface area (Å²) >= 11 is 0. The summed E-state index contributed by atoms with van der Waals surface area (Å²) in [7, 11) is 1.75. The van der Waals surface area contributed by atoms with Gasteiger partial charge >= 0.3 is 0 Å². The Morgan fingerprint density at radius 3 is 2.42 bits per heavy atom. The average molecular weight is 319 g/mol. The number of rotatable bonds is 7. The number of carbonyl (C=O) groups is 1. The van der Waals surface area contributed by atoms with E-state index >= 15 is 0 Å². The van der Waals surface area contributed by atoms with E-state index < -0.39 is 0 Å². The molecule has 2 aromatic carbocycles. The molecule has 0 aliphatic heterocycles. The number of hydrogen-bond acceptors (Lipinski definition) is 3. The number of hydrogen-bond donors (Lipinski definition) is 1. The highest BCUT2D eigenvalue weighted by atomic mass is 16.3. The van der Waals surface area contributed by atoms with Crippen LogP contribution in [0.1, 0.15) is 28.8 Å². The quantitative estimate of drug-likeness (QED) is 0.594. The maximum atomic E-state index is 12.0. The van der Waals surface area contributed by atoms with Crippen LogP contribution in [0, 0.1) is 0 Å². The first-order valence-electron chi connectivity index (χ1n) is 7.88. The summed E-state index contributed by atoms with van der Waals surface area (Å²) in [5.41, 5.74) is 2.60. The van der Waals surface area contributed by atoms with Gasteiger partial charge in [0.05, 0.1) is 5.71 Å². The molecule has 122 valence electrons. The zero-order valence-corrected chi connectivity index (χ0v) is 13.7. The highest BCUT2D eigenvalue weighted by Crippen LogP contribution is 2.12. The number of ketones is 1. The largest absolute Gasteiger partial charge is 0.508 e. The minimum Gasteiger partial charge on any atom is -0.508 e. The molecule has 0 fully saturated rings. The molecule has 1 N–H and O–H groups in total. The Morgan fingerprint density at radius 1 is 1.04 bits per heavy atom. The van der Waals surface area contributed by atoms with Gasteiger partial charge in [0, 0.05) is 19.0 Å². The van der Waals surface area contributed by atoms with Gasteiger partial charge in [-0.25, -0.2) is 0 Å². The van der Waals surface area contributed by atoms with Gasteiger partial charge in [-0.3, -0.25) is 9.79 Å². The van der Waals surface area contributed by atoms with Crippen molar-refractivity contribution in [3.05, 3.63) is 84.0 Å². The van der Waals surface area contributed by atoms with Gasteiger partial charge in [-0.1, -0.05) is 42.5 Å². The lowest BCUT2D eigenvalue weighted by atomic mass is 10.1. The van der Waals surface area contributed by atoms with Crippen LogP contribution in [-0.4, -0.2) is 23.6 Å². The summed E-state index contributed by atoms with van der Waals surface area (Å²) in [6, 6.07) is 16.4. The van der Waals surface area contributed by atoms with E-state index in [1.807, 2.05) is 54.6 Å². The van der Waals surface area contributed by atoms with Crippen molar-refractivity contribution in [3.63, 3.8) is 0 Å². The van der Waals surface area contributed by atoms with Gasteiger partial charge < -0.3 is 5.11 Å². The standard InChI is InChI=1S/C21H21NO2/c1-22-19(14-11-17-7-3-2-4-8-17)9-5-6-10-21(24)18-12-15-20(23)16-13-18/h2-5,7-9,11-16,23H,6,10H2,1H3/b9-5-,14-11+,22-19?. The van der Waals surface area contributed by atoms with Crippen LogP contribution < -0.4 is 0 Å². The van der Waals surface area contributed by atoms with Crippen molar-refractivity contribution in [2.75, 3.05) is 7.05 Å². The molecular weight excluding hydrogens is 298 g/mol. The predicted molar refractivity (Wildman–Crippen MR) is 99.6 cm³/mol. The van der Waals surface area contributed by atoms with Crippen molar-refractivity contribution in [3.8, 4) is 5.75 Å². The molecule has 2 rings (SSSR count). The minimum atomic E-state index is 0.0643. The van der Waals surface area contributed by atoms with Gasteiger partial charge in [-0.05, 0) is 48.4 Å². The van der Waals surface area contributed by atoms with Crippen molar-refractivity contribution in [1.82, 2.24) is 0 Å². The zero-order valence-electron chi connectivity index (χ0n) is 13.7. The monoisotopic (exact) mass is 319 g/mol. The summed E-state index contributed by atoms with van der Waals surface area (Å²) in [6.07, 6.45) is 8.92. The molecular formula is C21H21NO2. The van der Waals surface area contributed by atoms with E-state index in [1.54, 1.807) is 19.2 Å². The number of aromatic hydroxyl groups is 1. The number of carbonyl (C=O) groups excluding carboxylic acids is 1. The Kier molecular flexibility index (Phi) is 6.72. The Morgan fingerprint density at radius 2 is 1.75 bits per heavy atom. The molecule has 0 aliphatic rings. The topological polar surface area (TPSA) is 49.7 Å². The summed E-state index contributed by atoms with van der Waals surface area (Å²) < 4.78 is 0. The van der Waals surface area contributed by atoms with E-state index in [0.717, 1.165) is 11.3 Å². The molecule has 0 spiro atoms. The lowest BCUT2D eigenvalue weighted by Gasteiger charge is -1.99. The summed E-state index contributed by atoms with van der Waals surface area (Å²) in [4.78, 5) is 16.2. The van der Waals surface area contributed by atoms with Crippen LogP contribution >= 0.6 is 0 Å². The number of phenolic OH excluding ortho intramolecular Hbond substituents is 1. The molecule has 0 unspecified atom stereocenters. The Labute approximate surface area is 142 Å². The Balaban J connectivity index is 1.84. The fraction of sp³-hybridized carbons (Fsp3) is 0.143. The number of aliphatic imine (C=N–C) groups is 1. The normalized spacial score (nSPS) is 12.1. The predicted octanol–water partition coefficient (Wildman–Crippen LogP) is 4.70. The van der Waals surface area contributed by atoms with Gasteiger partial charge in [-0.2, -0.15) is 0 Å². The highest BCUT2D eigenvalue weighted by Gasteiger charge is 2.04. The molecule has 3 nitrogen and oxygen atoms in total. The third-order valence-corrected chi connectivity index (χ3v) is 3.52. The first-order chi connectivity index (χ1) is 11.7. The molecule has 2 aromatic rings. The Hall–Kier alpha value is -2.94. The average Bonchev–Trinajstić information content (AvgIpc) is 2.62. The summed E-state index contributed by atoms with van der Waals surface area (Å²) in [6.45, 7) is 0. The van der Waals surface area contributed by atoms with E-state index in [0.29, 0.717) is 18.4 Å². The molecule has 0 atom stereocenters. The van der Waals surface area contributed by atoms with E-state index in [9.17, 15) is 9.90 Å². The second kappa shape index (κ2) is 9.26. The van der Waals surface area contributed by atoms with Gasteiger partial charge in [0.2, 0.25) is 0 Å². The lowest BCUT2D eigenvalue weighted by Crippen LogP contribution is -1.97. The Bertz CT molecular complexity index is 741. The van der Waals surface area contributed by atoms with Crippen LogP contribution in [0.25, 0.3) is 6.08 Å². The molecule has 0 radical (unpaired) electrons. The third kappa shape index (κ3) is 5.69. The van der Waals surface area contributed by atoms with Crippen molar-refractivity contribution in [2.24, 2.45) is 4.99 Å². The second-order valence-electron chi connectivity index (χ2n) is 5.30. The first kappa shape index (κ1) is 17.4. The third-order valence-electron chi connectivity index (χ3n) is 3.52. The van der Waals surface area contributed by atoms with Crippen LogP contribution in [-0.2, 0) is 0 Å². The number of nitrogens with zero attached hydrogens (tertiary/aromatic N) is 1. The van der Waals surface area contributed by atoms with Crippen molar-refractivity contribution >= 4 is 17.6 Å². The SMILES string of the molecule is CN=C(/C=C\CCC(=O)c1ccc(O)cc1)/C=C/c1ccccc1. The van der Waals surface area contributed by atoms with Gasteiger partial charge in [-0.15, -0.1) is 0 Å². The van der Waals surface area contributed by atoms with E-state index in [2.05, 4.69) is 4.99 Å². The lowest BCUT2D eigenvalue weighted by molar-refractivity contribution is 0.0983. The molecule has 0 aliphatic carbocycles. The molecule has 3 heteroatoms. The summed E-state index contributed by atoms with van der Waals surface area (Å²) in [5.74, 6) is 0.231. The van der Waals surface area contributed by atoms with Crippen molar-refractivity contribution in [2.45, 2.75) is 12.8 Å². The molecule has 24 heavy (non-hydrogen) atoms. The van der Waals surface area contributed by atoms with Crippen molar-refractivity contribution < 1.29 is 9.90 Å². The second-order valence-corrected chi connectivity index (χ2v) is 5.30. The molecule has 0 saturated carbocycles. The van der Waals surface area contributed by atoms with Crippen LogP contribution in [0.4, 0.5) is 0 Å². The van der Waals surface area contributed by atoms with Gasteiger partial charge in [0.25, 0.3) is 0 Å². The van der Waals surface area contributed by atoms with E-state index in [-0.39, 0.29) is 11.5 Å². The van der Waals surface area contributed by atoms with E-state index in [4.69, 9.17) is 0 Å². The number of allylic oxidation sites excluding steroid dienone is 3. The highest BCUT2D eigenvalue weighted by molar-refractivity contribution is 6.06. The molecule has 0 aromatic heterocycles. The van der Waals surface area contributed by atoms with E-state index in [1.165, 1.54) is 12.1 Å². The zero-order chi connectivity index (χ0) is 17.2. The maximum absolute atomic E-state index is 12.0. The number of phenols is 1. The minimum absolute atomic E-state index is 0.0643. The first-order valence-corrected chi connectivity index (χ1v) is 7.88. The number of Topliss-reactive ketones (excluding diaryl/α,β-unsaturated/α-hetero) is 1. The van der Waals surface area contributed by atoms with Crippen LogP contribution in [0.3, 0.4) is 0 Å². The van der Waals surface area contributed by atoms with Crippen LogP contribution in [0.5, 0.6) is 5.75 Å². The smallest absolute Gasteiger partial charge is 0.163 e. The number of benzene rings is 2. The summed E-state index contributed by atoms with van der Waals surface area (Å²) in [5, 5.41) is 9.23. The van der Waals surface area contributed by atoms with Crippen LogP contribution in [0.15, 0.2) is 77.8 Å². The molecule has 0 amide bonds. The van der Waals surface area contributed by atoms with Gasteiger partial charge in [0.15, 0.2) is 5.78 Å².